The molecule has 4 nitrogen and oxygen atoms in total. The van der Waals surface area contributed by atoms with E-state index in [0.29, 0.717) is 19.4 Å². The van der Waals surface area contributed by atoms with Gasteiger partial charge in [0.2, 0.25) is 11.8 Å². The molecule has 0 aliphatic carbocycles. The average molecular weight is 196 g/mol. The van der Waals surface area contributed by atoms with Crippen molar-refractivity contribution >= 4 is 11.8 Å². The van der Waals surface area contributed by atoms with Crippen LogP contribution in [0.15, 0.2) is 12.7 Å². The van der Waals surface area contributed by atoms with E-state index in [4.69, 9.17) is 5.73 Å². The van der Waals surface area contributed by atoms with Crippen LogP contribution in [0.5, 0.6) is 0 Å². The van der Waals surface area contributed by atoms with Crippen LogP contribution in [0.4, 0.5) is 0 Å². The number of carbonyl (C=O) groups is 2. The molecule has 0 aromatic heterocycles. The lowest BCUT2D eigenvalue weighted by Gasteiger charge is -2.23. The Labute approximate surface area is 83.8 Å². The van der Waals surface area contributed by atoms with Gasteiger partial charge in [0.1, 0.15) is 6.04 Å². The molecule has 14 heavy (non-hydrogen) atoms. The summed E-state index contributed by atoms with van der Waals surface area (Å²) in [6, 6.07) is -0.451. The second-order valence-corrected chi connectivity index (χ2v) is 3.57. The third-order valence-electron chi connectivity index (χ3n) is 2.61. The van der Waals surface area contributed by atoms with Gasteiger partial charge in [-0.15, -0.1) is 6.58 Å². The Morgan fingerprint density at radius 1 is 1.86 bits per heavy atom. The van der Waals surface area contributed by atoms with Gasteiger partial charge in [-0.1, -0.05) is 13.0 Å². The van der Waals surface area contributed by atoms with E-state index in [1.807, 2.05) is 6.92 Å². The maximum atomic E-state index is 11.5. The Morgan fingerprint density at radius 2 is 2.50 bits per heavy atom. The van der Waals surface area contributed by atoms with Gasteiger partial charge >= 0.3 is 0 Å². The van der Waals surface area contributed by atoms with Gasteiger partial charge in [-0.05, 0) is 6.42 Å². The van der Waals surface area contributed by atoms with Crippen molar-refractivity contribution in [2.45, 2.75) is 25.8 Å². The van der Waals surface area contributed by atoms with Gasteiger partial charge in [0, 0.05) is 18.9 Å². The fourth-order valence-corrected chi connectivity index (χ4v) is 1.79. The number of rotatable bonds is 4. The monoisotopic (exact) mass is 196 g/mol. The summed E-state index contributed by atoms with van der Waals surface area (Å²) in [5, 5.41) is 0. The summed E-state index contributed by atoms with van der Waals surface area (Å²) in [5.41, 5.74) is 5.22. The van der Waals surface area contributed by atoms with Crippen LogP contribution in [0, 0.1) is 5.92 Å². The first kappa shape index (κ1) is 10.8. The van der Waals surface area contributed by atoms with Crippen molar-refractivity contribution in [3.8, 4) is 0 Å². The van der Waals surface area contributed by atoms with Crippen LogP contribution in [-0.2, 0) is 9.59 Å². The number of hydrogen-bond acceptors (Lipinski definition) is 2. The number of likely N-dealkylation sites (tertiary alicyclic amines) is 1. The molecule has 1 rings (SSSR count). The molecule has 4 heteroatoms. The van der Waals surface area contributed by atoms with Crippen molar-refractivity contribution in [3.05, 3.63) is 12.7 Å². The largest absolute Gasteiger partial charge is 0.368 e. The quantitative estimate of drug-likeness (QED) is 0.657. The molecule has 1 heterocycles. The SMILES string of the molecule is C=C[C@@H]1CC(=O)N([C@@H](CC)C(N)=O)C1. The van der Waals surface area contributed by atoms with E-state index in [0.717, 1.165) is 0 Å². The highest BCUT2D eigenvalue weighted by Crippen LogP contribution is 2.21. The molecule has 1 saturated heterocycles. The van der Waals surface area contributed by atoms with Gasteiger partial charge in [0.05, 0.1) is 0 Å². The first-order valence-corrected chi connectivity index (χ1v) is 4.81. The molecule has 0 aromatic rings. The first-order chi connectivity index (χ1) is 6.60. The molecule has 0 unspecified atom stereocenters. The summed E-state index contributed by atoms with van der Waals surface area (Å²) in [5.74, 6) is -0.262. The van der Waals surface area contributed by atoms with Gasteiger partial charge in [-0.3, -0.25) is 9.59 Å². The highest BCUT2D eigenvalue weighted by Gasteiger charge is 2.34. The fourth-order valence-electron chi connectivity index (χ4n) is 1.79. The first-order valence-electron chi connectivity index (χ1n) is 4.81. The number of carbonyl (C=O) groups excluding carboxylic acids is 2. The molecule has 0 radical (unpaired) electrons. The Bertz CT molecular complexity index is 263. The zero-order valence-corrected chi connectivity index (χ0v) is 8.40. The number of primary amides is 1. The fraction of sp³-hybridized carbons (Fsp3) is 0.600. The van der Waals surface area contributed by atoms with Crippen molar-refractivity contribution in [2.24, 2.45) is 11.7 Å². The average Bonchev–Trinajstić information content (AvgIpc) is 2.48. The lowest BCUT2D eigenvalue weighted by atomic mass is 10.1. The molecular formula is C10H16N2O2. The Hall–Kier alpha value is -1.32. The molecule has 78 valence electrons. The van der Waals surface area contributed by atoms with Gasteiger partial charge in [0.15, 0.2) is 0 Å². The van der Waals surface area contributed by atoms with Crippen LogP contribution in [0.1, 0.15) is 19.8 Å². The molecule has 1 fully saturated rings. The highest BCUT2D eigenvalue weighted by atomic mass is 16.2. The van der Waals surface area contributed by atoms with Crippen molar-refractivity contribution in [1.29, 1.82) is 0 Å². The normalized spacial score (nSPS) is 23.6. The topological polar surface area (TPSA) is 63.4 Å². The zero-order chi connectivity index (χ0) is 10.7. The van der Waals surface area contributed by atoms with Gasteiger partial charge in [-0.2, -0.15) is 0 Å². The summed E-state index contributed by atoms with van der Waals surface area (Å²) < 4.78 is 0. The zero-order valence-electron chi connectivity index (χ0n) is 8.40. The highest BCUT2D eigenvalue weighted by molar-refractivity contribution is 5.87. The Morgan fingerprint density at radius 3 is 2.86 bits per heavy atom. The van der Waals surface area contributed by atoms with Crippen molar-refractivity contribution in [2.75, 3.05) is 6.54 Å². The lowest BCUT2D eigenvalue weighted by Crippen LogP contribution is -2.45. The van der Waals surface area contributed by atoms with Crippen LogP contribution in [0.2, 0.25) is 0 Å². The van der Waals surface area contributed by atoms with E-state index < -0.39 is 11.9 Å². The molecular weight excluding hydrogens is 180 g/mol. The van der Waals surface area contributed by atoms with Crippen LogP contribution < -0.4 is 5.73 Å². The predicted molar refractivity (Wildman–Crippen MR) is 53.3 cm³/mol. The maximum Gasteiger partial charge on any atom is 0.240 e. The second-order valence-electron chi connectivity index (χ2n) is 3.57. The van der Waals surface area contributed by atoms with Crippen molar-refractivity contribution in [3.63, 3.8) is 0 Å². The smallest absolute Gasteiger partial charge is 0.240 e. The van der Waals surface area contributed by atoms with E-state index in [2.05, 4.69) is 6.58 Å². The minimum absolute atomic E-state index is 0.000509. The molecule has 1 aliphatic rings. The third kappa shape index (κ3) is 1.95. The predicted octanol–water partition coefficient (Wildman–Crippen LogP) is 0.285. The Kier molecular flexibility index (Phi) is 3.28. The summed E-state index contributed by atoms with van der Waals surface area (Å²) in [4.78, 5) is 24.1. The molecule has 0 bridgehead atoms. The van der Waals surface area contributed by atoms with Crippen LogP contribution in [0.25, 0.3) is 0 Å². The number of hydrogen-bond donors (Lipinski definition) is 1. The van der Waals surface area contributed by atoms with Crippen molar-refractivity contribution in [1.82, 2.24) is 4.90 Å². The van der Waals surface area contributed by atoms with Crippen LogP contribution in [-0.4, -0.2) is 29.3 Å². The summed E-state index contributed by atoms with van der Waals surface area (Å²) in [6.45, 7) is 6.07. The number of nitrogens with zero attached hydrogens (tertiary/aromatic N) is 1. The van der Waals surface area contributed by atoms with Crippen LogP contribution >= 0.6 is 0 Å². The van der Waals surface area contributed by atoms with E-state index in [9.17, 15) is 9.59 Å². The molecule has 2 atom stereocenters. The van der Waals surface area contributed by atoms with Crippen molar-refractivity contribution < 1.29 is 9.59 Å². The van der Waals surface area contributed by atoms with E-state index in [1.165, 1.54) is 0 Å². The van der Waals surface area contributed by atoms with E-state index >= 15 is 0 Å². The Balaban J connectivity index is 2.72. The van der Waals surface area contributed by atoms with E-state index in [-0.39, 0.29) is 11.8 Å². The lowest BCUT2D eigenvalue weighted by molar-refractivity contribution is -0.136. The number of nitrogens with two attached hydrogens (primary N) is 1. The summed E-state index contributed by atoms with van der Waals surface area (Å²) >= 11 is 0. The van der Waals surface area contributed by atoms with E-state index in [1.54, 1.807) is 11.0 Å². The molecule has 0 spiro atoms. The number of amides is 2. The van der Waals surface area contributed by atoms with Gasteiger partial charge in [0.25, 0.3) is 0 Å². The molecule has 2 amide bonds. The molecule has 2 N–H and O–H groups in total. The minimum atomic E-state index is -0.451. The summed E-state index contributed by atoms with van der Waals surface area (Å²) in [6.07, 6.45) is 2.78. The minimum Gasteiger partial charge on any atom is -0.368 e. The van der Waals surface area contributed by atoms with Gasteiger partial charge in [-0.25, -0.2) is 0 Å². The standard InChI is InChI=1S/C10H16N2O2/c1-3-7-5-9(13)12(6-7)8(4-2)10(11)14/h3,7-8H,1,4-6H2,2H3,(H2,11,14)/t7-,8+/m1/s1. The molecule has 1 aliphatic heterocycles. The molecule has 0 saturated carbocycles. The third-order valence-corrected chi connectivity index (χ3v) is 2.61. The second kappa shape index (κ2) is 4.26. The van der Waals surface area contributed by atoms with Gasteiger partial charge < -0.3 is 10.6 Å². The van der Waals surface area contributed by atoms with Crippen LogP contribution in [0.3, 0.4) is 0 Å². The molecule has 0 aromatic carbocycles. The summed E-state index contributed by atoms with van der Waals surface area (Å²) in [7, 11) is 0. The maximum absolute atomic E-state index is 11.5.